The van der Waals surface area contributed by atoms with E-state index in [0.717, 1.165) is 38.5 Å². The Kier molecular flexibility index (Phi) is 6.64. The zero-order valence-electron chi connectivity index (χ0n) is 14.0. The lowest BCUT2D eigenvalue weighted by Crippen LogP contribution is -2.20. The molecule has 0 aromatic heterocycles. The Morgan fingerprint density at radius 3 is 2.32 bits per heavy atom. The van der Waals surface area contributed by atoms with Crippen LogP contribution in [0, 0.1) is 5.41 Å². The Morgan fingerprint density at radius 1 is 0.955 bits per heavy atom. The Morgan fingerprint density at radius 2 is 1.64 bits per heavy atom. The van der Waals surface area contributed by atoms with Gasteiger partial charge in [-0.25, -0.2) is 0 Å². The van der Waals surface area contributed by atoms with Crippen LogP contribution in [0.15, 0.2) is 59.6 Å². The molecule has 0 saturated carbocycles. The van der Waals surface area contributed by atoms with Gasteiger partial charge >= 0.3 is 0 Å². The summed E-state index contributed by atoms with van der Waals surface area (Å²) < 4.78 is 0. The van der Waals surface area contributed by atoms with Crippen molar-refractivity contribution in [2.75, 3.05) is 0 Å². The predicted molar refractivity (Wildman–Crippen MR) is 97.4 cm³/mol. The number of hydrogen-bond acceptors (Lipinski definition) is 1. The molecule has 118 valence electrons. The molecule has 1 nitrogen and oxygen atoms in total. The summed E-state index contributed by atoms with van der Waals surface area (Å²) in [7, 11) is 0. The van der Waals surface area contributed by atoms with E-state index in [1.165, 1.54) is 5.56 Å². The van der Waals surface area contributed by atoms with E-state index in [4.69, 9.17) is 4.99 Å². The molecule has 1 atom stereocenters. The topological polar surface area (TPSA) is 12.4 Å². The van der Waals surface area contributed by atoms with Gasteiger partial charge in [-0.3, -0.25) is 4.99 Å². The van der Waals surface area contributed by atoms with Crippen molar-refractivity contribution in [1.82, 2.24) is 0 Å². The summed E-state index contributed by atoms with van der Waals surface area (Å²) in [5.41, 5.74) is 1.53. The van der Waals surface area contributed by atoms with E-state index in [0.29, 0.717) is 0 Å². The van der Waals surface area contributed by atoms with Crippen LogP contribution < -0.4 is 0 Å². The maximum absolute atomic E-state index is 5.01. The summed E-state index contributed by atoms with van der Waals surface area (Å²) in [6.45, 7) is 4.57. The Bertz CT molecular complexity index is 506. The van der Waals surface area contributed by atoms with E-state index in [2.05, 4.69) is 74.7 Å². The molecule has 1 heteroatoms. The molecule has 0 aliphatic carbocycles. The second-order valence-electron chi connectivity index (χ2n) is 6.23. The van der Waals surface area contributed by atoms with Gasteiger partial charge in [-0.05, 0) is 44.1 Å². The fourth-order valence-electron chi connectivity index (χ4n) is 2.95. The second kappa shape index (κ2) is 8.73. The van der Waals surface area contributed by atoms with Crippen LogP contribution in [0.1, 0.15) is 64.0 Å². The van der Waals surface area contributed by atoms with Crippen molar-refractivity contribution in [2.24, 2.45) is 10.4 Å². The van der Waals surface area contributed by atoms with Crippen LogP contribution in [0.4, 0.5) is 0 Å². The van der Waals surface area contributed by atoms with Gasteiger partial charge < -0.3 is 0 Å². The molecule has 0 saturated heterocycles. The summed E-state index contributed by atoms with van der Waals surface area (Å²) in [5, 5.41) is 0. The molecule has 0 amide bonds. The fourth-order valence-corrected chi connectivity index (χ4v) is 2.95. The number of benzene rings is 1. The molecule has 0 fully saturated rings. The van der Waals surface area contributed by atoms with Gasteiger partial charge in [0.25, 0.3) is 0 Å². The molecule has 0 bridgehead atoms. The molecule has 1 aromatic rings. The molecule has 0 radical (unpaired) electrons. The van der Waals surface area contributed by atoms with Crippen molar-refractivity contribution in [3.05, 3.63) is 60.2 Å². The van der Waals surface area contributed by atoms with Gasteiger partial charge in [0.15, 0.2) is 0 Å². The van der Waals surface area contributed by atoms with Crippen molar-refractivity contribution >= 4 is 6.21 Å². The van der Waals surface area contributed by atoms with Gasteiger partial charge in [-0.1, -0.05) is 68.5 Å². The van der Waals surface area contributed by atoms with E-state index < -0.39 is 0 Å². The van der Waals surface area contributed by atoms with Gasteiger partial charge in [-0.2, -0.15) is 0 Å². The number of nitrogens with zero attached hydrogens (tertiary/aromatic N) is 1. The first-order valence-electron chi connectivity index (χ1n) is 8.69. The smallest absolute Gasteiger partial charge is 0.0779 e. The monoisotopic (exact) mass is 295 g/mol. The minimum absolute atomic E-state index is 0.215. The van der Waals surface area contributed by atoms with E-state index in [1.54, 1.807) is 0 Å². The van der Waals surface area contributed by atoms with Gasteiger partial charge in [0.2, 0.25) is 0 Å². The first-order chi connectivity index (χ1) is 10.8. The third kappa shape index (κ3) is 4.69. The lowest BCUT2D eigenvalue weighted by molar-refractivity contribution is 0.400. The van der Waals surface area contributed by atoms with Crippen LogP contribution in [0.2, 0.25) is 0 Å². The van der Waals surface area contributed by atoms with Crippen LogP contribution in [0.25, 0.3) is 0 Å². The van der Waals surface area contributed by atoms with Crippen LogP contribution in [-0.2, 0) is 0 Å². The second-order valence-corrected chi connectivity index (χ2v) is 6.23. The maximum atomic E-state index is 5.01. The highest BCUT2D eigenvalue weighted by molar-refractivity contribution is 5.66. The van der Waals surface area contributed by atoms with Crippen molar-refractivity contribution in [2.45, 2.75) is 58.4 Å². The van der Waals surface area contributed by atoms with Gasteiger partial charge in [-0.15, -0.1) is 0 Å². The highest BCUT2D eigenvalue weighted by atomic mass is 14.8. The minimum Gasteiger partial charge on any atom is -0.289 e. The summed E-state index contributed by atoms with van der Waals surface area (Å²) in [6, 6.07) is 10.9. The molecular formula is C21H29N. The van der Waals surface area contributed by atoms with Crippen LogP contribution in [0.5, 0.6) is 0 Å². The highest BCUT2D eigenvalue weighted by Crippen LogP contribution is 2.31. The van der Waals surface area contributed by atoms with Gasteiger partial charge in [0, 0.05) is 11.6 Å². The van der Waals surface area contributed by atoms with Crippen LogP contribution in [-0.4, -0.2) is 6.21 Å². The van der Waals surface area contributed by atoms with Crippen LogP contribution >= 0.6 is 0 Å². The zero-order valence-corrected chi connectivity index (χ0v) is 14.0. The normalized spacial score (nSPS) is 24.9. The van der Waals surface area contributed by atoms with E-state index in [1.807, 2.05) is 0 Å². The number of aliphatic imine (C=N–C) groups is 1. The number of allylic oxidation sites excluding steroid dienone is 3. The summed E-state index contributed by atoms with van der Waals surface area (Å²) in [6.07, 6.45) is 18.2. The predicted octanol–water partition coefficient (Wildman–Crippen LogP) is 6.29. The molecule has 2 rings (SSSR count). The third-order valence-electron chi connectivity index (χ3n) is 4.84. The van der Waals surface area contributed by atoms with Gasteiger partial charge in [0.05, 0.1) is 6.04 Å². The molecular weight excluding hydrogens is 266 g/mol. The largest absolute Gasteiger partial charge is 0.289 e. The minimum atomic E-state index is 0.215. The van der Waals surface area contributed by atoms with E-state index in [9.17, 15) is 0 Å². The molecule has 1 aliphatic heterocycles. The average Bonchev–Trinajstić information content (AvgIpc) is 2.57. The van der Waals surface area contributed by atoms with E-state index >= 15 is 0 Å². The highest BCUT2D eigenvalue weighted by Gasteiger charge is 2.23. The first kappa shape index (κ1) is 16.7. The molecule has 22 heavy (non-hydrogen) atoms. The van der Waals surface area contributed by atoms with Crippen molar-refractivity contribution < 1.29 is 0 Å². The van der Waals surface area contributed by atoms with Crippen molar-refractivity contribution in [3.8, 4) is 0 Å². The fraction of sp³-hybridized carbons (Fsp3) is 0.476. The first-order valence-corrected chi connectivity index (χ1v) is 8.69. The van der Waals surface area contributed by atoms with E-state index in [-0.39, 0.29) is 11.5 Å². The summed E-state index contributed by atoms with van der Waals surface area (Å²) in [4.78, 5) is 5.01. The molecule has 1 aromatic carbocycles. The summed E-state index contributed by atoms with van der Waals surface area (Å²) in [5.74, 6) is 0. The summed E-state index contributed by atoms with van der Waals surface area (Å²) >= 11 is 0. The van der Waals surface area contributed by atoms with Crippen LogP contribution in [0.3, 0.4) is 0 Å². The quantitative estimate of drug-likeness (QED) is 0.581. The SMILES string of the molecule is CCC1(CC)C=NC(c2ccccc2)C/C=C/CC/C=C/C1. The molecule has 1 aliphatic rings. The average molecular weight is 295 g/mol. The number of rotatable bonds is 3. The Labute approximate surface area is 135 Å². The standard InChI is InChI=1S/C21H29N/c1-3-21(4-2)17-13-8-6-5-7-12-16-20(22-18-21)19-14-10-9-11-15-19/h7-15,18,20H,3-6,16-17H2,1-2H3/b12-7+,13-8+,22-18?. The molecule has 1 unspecified atom stereocenters. The third-order valence-corrected chi connectivity index (χ3v) is 4.84. The lowest BCUT2D eigenvalue weighted by atomic mass is 9.80. The Hall–Kier alpha value is -1.63. The Balaban J connectivity index is 2.29. The molecule has 1 heterocycles. The van der Waals surface area contributed by atoms with Crippen molar-refractivity contribution in [1.29, 1.82) is 0 Å². The lowest BCUT2D eigenvalue weighted by Gasteiger charge is -2.27. The van der Waals surface area contributed by atoms with Gasteiger partial charge in [0.1, 0.15) is 0 Å². The van der Waals surface area contributed by atoms with Crippen molar-refractivity contribution in [3.63, 3.8) is 0 Å². The maximum Gasteiger partial charge on any atom is 0.0779 e. The number of hydrogen-bond donors (Lipinski definition) is 0. The zero-order chi connectivity index (χ0) is 15.7. The molecule has 0 N–H and O–H groups in total. The molecule has 0 spiro atoms.